The van der Waals surface area contributed by atoms with E-state index in [9.17, 15) is 5.26 Å². The van der Waals surface area contributed by atoms with Crippen molar-refractivity contribution in [2.75, 3.05) is 0 Å². The summed E-state index contributed by atoms with van der Waals surface area (Å²) < 4.78 is 7.80. The molecule has 4 heteroatoms. The molecule has 1 aromatic rings. The Hall–Kier alpha value is -1.50. The summed E-state index contributed by atoms with van der Waals surface area (Å²) in [4.78, 5) is 0. The van der Waals surface area contributed by atoms with Gasteiger partial charge in [0.1, 0.15) is 17.7 Å². The molecule has 1 saturated carbocycles. The highest BCUT2D eigenvalue weighted by atomic mass is 16.5. The van der Waals surface area contributed by atoms with Gasteiger partial charge in [0, 0.05) is 7.05 Å². The molecule has 1 aliphatic rings. The van der Waals surface area contributed by atoms with E-state index in [1.165, 1.54) is 19.3 Å². The van der Waals surface area contributed by atoms with Crippen molar-refractivity contribution in [3.63, 3.8) is 0 Å². The first-order valence-corrected chi connectivity index (χ1v) is 6.77. The van der Waals surface area contributed by atoms with E-state index >= 15 is 0 Å². The second-order valence-corrected chi connectivity index (χ2v) is 5.11. The maximum absolute atomic E-state index is 9.18. The molecule has 0 aromatic carbocycles. The molecule has 0 radical (unpaired) electrons. The van der Waals surface area contributed by atoms with Crippen LogP contribution in [0.4, 0.5) is 0 Å². The fourth-order valence-corrected chi connectivity index (χ4v) is 2.84. The quantitative estimate of drug-likeness (QED) is 0.825. The highest BCUT2D eigenvalue weighted by Crippen LogP contribution is 2.32. The van der Waals surface area contributed by atoms with Crippen LogP contribution in [-0.2, 0) is 7.05 Å². The van der Waals surface area contributed by atoms with E-state index in [-0.39, 0.29) is 6.10 Å². The summed E-state index contributed by atoms with van der Waals surface area (Å²) in [5.74, 6) is 1.25. The Labute approximate surface area is 109 Å². The maximum atomic E-state index is 9.18. The molecule has 1 heterocycles. The molecule has 2 rings (SSSR count). The van der Waals surface area contributed by atoms with E-state index in [0.29, 0.717) is 17.4 Å². The molecule has 2 unspecified atom stereocenters. The van der Waals surface area contributed by atoms with Gasteiger partial charge in [0.2, 0.25) is 5.88 Å². The Balaban J connectivity index is 2.20. The molecule has 0 spiro atoms. The van der Waals surface area contributed by atoms with Crippen LogP contribution < -0.4 is 4.74 Å². The summed E-state index contributed by atoms with van der Waals surface area (Å²) in [6.45, 7) is 4.07. The summed E-state index contributed by atoms with van der Waals surface area (Å²) in [7, 11) is 1.84. The van der Waals surface area contributed by atoms with Gasteiger partial charge in [-0.3, -0.25) is 0 Å². The van der Waals surface area contributed by atoms with Crippen molar-refractivity contribution in [2.24, 2.45) is 13.0 Å². The zero-order valence-electron chi connectivity index (χ0n) is 11.4. The van der Waals surface area contributed by atoms with Crippen molar-refractivity contribution >= 4 is 0 Å². The van der Waals surface area contributed by atoms with Crippen molar-refractivity contribution in [3.05, 3.63) is 11.3 Å². The first-order valence-electron chi connectivity index (χ1n) is 6.77. The summed E-state index contributed by atoms with van der Waals surface area (Å²) in [5.41, 5.74) is 1.33. The molecular formula is C14H21N3O. The number of ether oxygens (including phenoxy) is 1. The van der Waals surface area contributed by atoms with Gasteiger partial charge in [-0.2, -0.15) is 10.4 Å². The standard InChI is InChI=1S/C14H21N3O/c1-4-11-7-5-6-8-13(11)18-14-12(9-15)10(2)16-17(14)3/h11,13H,4-8H2,1-3H3. The number of hydrogen-bond donors (Lipinski definition) is 0. The van der Waals surface area contributed by atoms with Crippen molar-refractivity contribution < 1.29 is 4.74 Å². The number of hydrogen-bond acceptors (Lipinski definition) is 3. The Kier molecular flexibility index (Phi) is 3.90. The molecule has 0 bridgehead atoms. The topological polar surface area (TPSA) is 50.8 Å². The lowest BCUT2D eigenvalue weighted by atomic mass is 9.85. The van der Waals surface area contributed by atoms with Gasteiger partial charge in [-0.15, -0.1) is 0 Å². The highest BCUT2D eigenvalue weighted by molar-refractivity contribution is 5.42. The van der Waals surface area contributed by atoms with Crippen LogP contribution in [0.5, 0.6) is 5.88 Å². The summed E-state index contributed by atoms with van der Waals surface area (Å²) in [5, 5.41) is 13.4. The molecule has 2 atom stereocenters. The minimum Gasteiger partial charge on any atom is -0.473 e. The monoisotopic (exact) mass is 247 g/mol. The largest absolute Gasteiger partial charge is 0.473 e. The van der Waals surface area contributed by atoms with E-state index in [1.807, 2.05) is 14.0 Å². The number of nitriles is 1. The van der Waals surface area contributed by atoms with Crippen molar-refractivity contribution in [2.45, 2.75) is 52.1 Å². The fourth-order valence-electron chi connectivity index (χ4n) is 2.84. The Bertz CT molecular complexity index is 458. The molecule has 18 heavy (non-hydrogen) atoms. The maximum Gasteiger partial charge on any atom is 0.230 e. The molecule has 0 aliphatic heterocycles. The molecule has 1 aliphatic carbocycles. The fraction of sp³-hybridized carbons (Fsp3) is 0.714. The lowest BCUT2D eigenvalue weighted by molar-refractivity contribution is 0.0813. The normalized spacial score (nSPS) is 23.7. The van der Waals surface area contributed by atoms with E-state index in [2.05, 4.69) is 18.1 Å². The van der Waals surface area contributed by atoms with Gasteiger partial charge in [0.15, 0.2) is 0 Å². The second kappa shape index (κ2) is 5.43. The van der Waals surface area contributed by atoms with Crippen LogP contribution in [0.25, 0.3) is 0 Å². The minimum atomic E-state index is 0.241. The Morgan fingerprint density at radius 2 is 2.17 bits per heavy atom. The van der Waals surface area contributed by atoms with Gasteiger partial charge in [0.05, 0.1) is 5.69 Å². The molecule has 98 valence electrons. The smallest absolute Gasteiger partial charge is 0.230 e. The van der Waals surface area contributed by atoms with Crippen LogP contribution in [0, 0.1) is 24.2 Å². The lowest BCUT2D eigenvalue weighted by Crippen LogP contribution is -2.30. The highest BCUT2D eigenvalue weighted by Gasteiger charge is 2.27. The predicted octanol–water partition coefficient (Wildman–Crippen LogP) is 2.95. The van der Waals surface area contributed by atoms with E-state index in [0.717, 1.165) is 18.5 Å². The summed E-state index contributed by atoms with van der Waals surface area (Å²) in [6, 6.07) is 2.20. The summed E-state index contributed by atoms with van der Waals surface area (Å²) >= 11 is 0. The number of rotatable bonds is 3. The van der Waals surface area contributed by atoms with Gasteiger partial charge >= 0.3 is 0 Å². The molecule has 1 fully saturated rings. The average molecular weight is 247 g/mol. The molecule has 0 amide bonds. The van der Waals surface area contributed by atoms with Crippen molar-refractivity contribution in [1.29, 1.82) is 5.26 Å². The number of aryl methyl sites for hydroxylation is 2. The lowest BCUT2D eigenvalue weighted by Gasteiger charge is -2.31. The number of aromatic nitrogens is 2. The van der Waals surface area contributed by atoms with E-state index < -0.39 is 0 Å². The Morgan fingerprint density at radius 3 is 2.83 bits per heavy atom. The number of nitrogens with zero attached hydrogens (tertiary/aromatic N) is 3. The van der Waals surface area contributed by atoms with Gasteiger partial charge in [-0.1, -0.05) is 13.3 Å². The zero-order valence-corrected chi connectivity index (χ0v) is 11.4. The van der Waals surface area contributed by atoms with Crippen LogP contribution in [0.15, 0.2) is 0 Å². The third-order valence-corrected chi connectivity index (χ3v) is 3.91. The third-order valence-electron chi connectivity index (χ3n) is 3.91. The van der Waals surface area contributed by atoms with Gasteiger partial charge in [-0.25, -0.2) is 4.68 Å². The van der Waals surface area contributed by atoms with Crippen LogP contribution in [-0.4, -0.2) is 15.9 Å². The van der Waals surface area contributed by atoms with Crippen LogP contribution >= 0.6 is 0 Å². The average Bonchev–Trinajstić information content (AvgIpc) is 2.64. The Morgan fingerprint density at radius 1 is 1.44 bits per heavy atom. The molecule has 1 aromatic heterocycles. The van der Waals surface area contributed by atoms with E-state index in [4.69, 9.17) is 4.74 Å². The van der Waals surface area contributed by atoms with Gasteiger partial charge < -0.3 is 4.74 Å². The first-order chi connectivity index (χ1) is 8.67. The van der Waals surface area contributed by atoms with Crippen LogP contribution in [0.2, 0.25) is 0 Å². The molecule has 0 N–H and O–H groups in total. The van der Waals surface area contributed by atoms with Crippen LogP contribution in [0.1, 0.15) is 50.3 Å². The van der Waals surface area contributed by atoms with Gasteiger partial charge in [-0.05, 0) is 38.5 Å². The van der Waals surface area contributed by atoms with Crippen molar-refractivity contribution in [3.8, 4) is 11.9 Å². The third kappa shape index (κ3) is 2.35. The first kappa shape index (κ1) is 12.9. The molecular weight excluding hydrogens is 226 g/mol. The predicted molar refractivity (Wildman–Crippen MR) is 69.3 cm³/mol. The molecule has 4 nitrogen and oxygen atoms in total. The SMILES string of the molecule is CCC1CCCCC1Oc1c(C#N)c(C)nn1C. The summed E-state index contributed by atoms with van der Waals surface area (Å²) in [6.07, 6.45) is 6.23. The van der Waals surface area contributed by atoms with Gasteiger partial charge in [0.25, 0.3) is 0 Å². The minimum absolute atomic E-state index is 0.241. The zero-order chi connectivity index (χ0) is 13.1. The van der Waals surface area contributed by atoms with E-state index in [1.54, 1.807) is 4.68 Å². The second-order valence-electron chi connectivity index (χ2n) is 5.11. The van der Waals surface area contributed by atoms with Crippen molar-refractivity contribution in [1.82, 2.24) is 9.78 Å². The van der Waals surface area contributed by atoms with Crippen LogP contribution in [0.3, 0.4) is 0 Å². The molecule has 0 saturated heterocycles.